The van der Waals surface area contributed by atoms with Crippen molar-refractivity contribution in [1.82, 2.24) is 5.32 Å². The van der Waals surface area contributed by atoms with Crippen molar-refractivity contribution in [3.8, 4) is 11.5 Å². The first-order valence-corrected chi connectivity index (χ1v) is 13.8. The number of sulfonamides is 1. The Labute approximate surface area is 218 Å². The van der Waals surface area contributed by atoms with Crippen LogP contribution in [0.5, 0.6) is 11.5 Å². The number of hydrogen-bond acceptors (Lipinski definition) is 6. The molecule has 0 saturated heterocycles. The van der Waals surface area contributed by atoms with Crippen molar-refractivity contribution in [2.45, 2.75) is 38.3 Å². The van der Waals surface area contributed by atoms with Gasteiger partial charge >= 0.3 is 0 Å². The molecule has 3 aromatic rings. The van der Waals surface area contributed by atoms with Crippen LogP contribution in [-0.2, 0) is 21.4 Å². The maximum Gasteiger partial charge on any atom is 0.264 e. The van der Waals surface area contributed by atoms with E-state index < -0.39 is 16.1 Å². The number of anilines is 2. The molecule has 196 valence electrons. The highest BCUT2D eigenvalue weighted by Gasteiger charge is 2.37. The molecule has 37 heavy (non-hydrogen) atoms. The molecular weight excluding hydrogens is 490 g/mol. The van der Waals surface area contributed by atoms with Crippen molar-refractivity contribution in [3.05, 3.63) is 77.9 Å². The van der Waals surface area contributed by atoms with E-state index in [4.69, 9.17) is 9.47 Å². The smallest absolute Gasteiger partial charge is 0.264 e. The fraction of sp³-hybridized carbons (Fsp3) is 0.321. The minimum absolute atomic E-state index is 0.106. The standard InChI is InChI=1S/C28H33N3O5S/c1-5-30(6-2)22-10-8-21(9-11-22)18-29-28(32)27-19-31(25-16-7-20(3)17-26(25)36-27)37(33,34)24-14-12-23(35-4)13-15-24/h7-17,27H,5-6,18-19H2,1-4H3,(H,29,32). The lowest BCUT2D eigenvalue weighted by molar-refractivity contribution is -0.127. The van der Waals surface area contributed by atoms with Crippen molar-refractivity contribution in [2.24, 2.45) is 0 Å². The molecule has 0 bridgehead atoms. The highest BCUT2D eigenvalue weighted by Crippen LogP contribution is 2.38. The van der Waals surface area contributed by atoms with Crippen LogP contribution in [0.15, 0.2) is 71.6 Å². The number of ether oxygens (including phenoxy) is 2. The van der Waals surface area contributed by atoms with E-state index in [-0.39, 0.29) is 17.3 Å². The van der Waals surface area contributed by atoms with E-state index in [1.54, 1.807) is 24.3 Å². The zero-order valence-corrected chi connectivity index (χ0v) is 22.4. The lowest BCUT2D eigenvalue weighted by Gasteiger charge is -2.35. The van der Waals surface area contributed by atoms with Gasteiger partial charge in [-0.2, -0.15) is 0 Å². The van der Waals surface area contributed by atoms with Crippen molar-refractivity contribution in [2.75, 3.05) is 35.9 Å². The molecule has 9 heteroatoms. The van der Waals surface area contributed by atoms with E-state index in [2.05, 4.69) is 24.1 Å². The lowest BCUT2D eigenvalue weighted by atomic mass is 10.1. The predicted molar refractivity (Wildman–Crippen MR) is 145 cm³/mol. The minimum atomic E-state index is -3.95. The van der Waals surface area contributed by atoms with Crippen LogP contribution in [0, 0.1) is 6.92 Å². The molecule has 0 spiro atoms. The van der Waals surface area contributed by atoms with Crippen LogP contribution in [-0.4, -0.2) is 47.2 Å². The van der Waals surface area contributed by atoms with E-state index in [0.29, 0.717) is 23.7 Å². The average molecular weight is 524 g/mol. The molecule has 1 unspecified atom stereocenters. The van der Waals surface area contributed by atoms with Crippen molar-refractivity contribution in [1.29, 1.82) is 0 Å². The van der Waals surface area contributed by atoms with Gasteiger partial charge in [0.25, 0.3) is 15.9 Å². The Morgan fingerprint density at radius 1 is 1.05 bits per heavy atom. The molecule has 0 aliphatic carbocycles. The maximum absolute atomic E-state index is 13.6. The molecule has 0 saturated carbocycles. The van der Waals surface area contributed by atoms with Gasteiger partial charge in [0.15, 0.2) is 6.10 Å². The number of rotatable bonds is 9. The van der Waals surface area contributed by atoms with E-state index in [1.165, 1.54) is 23.5 Å². The zero-order chi connectivity index (χ0) is 26.6. The fourth-order valence-electron chi connectivity index (χ4n) is 4.32. The highest BCUT2D eigenvalue weighted by atomic mass is 32.2. The maximum atomic E-state index is 13.6. The molecule has 1 heterocycles. The van der Waals surface area contributed by atoms with E-state index in [9.17, 15) is 13.2 Å². The van der Waals surface area contributed by atoms with Gasteiger partial charge in [-0.05, 0) is 80.4 Å². The molecule has 1 aliphatic heterocycles. The molecule has 0 aromatic heterocycles. The molecular formula is C28H33N3O5S. The second-order valence-electron chi connectivity index (χ2n) is 8.85. The largest absolute Gasteiger partial charge is 0.497 e. The van der Waals surface area contributed by atoms with Crippen LogP contribution in [0.3, 0.4) is 0 Å². The Morgan fingerprint density at radius 3 is 2.35 bits per heavy atom. The first-order valence-electron chi connectivity index (χ1n) is 12.3. The topological polar surface area (TPSA) is 88.2 Å². The molecule has 8 nitrogen and oxygen atoms in total. The van der Waals surface area contributed by atoms with Gasteiger partial charge in [0.05, 0.1) is 24.2 Å². The van der Waals surface area contributed by atoms with Gasteiger partial charge in [0, 0.05) is 25.3 Å². The third kappa shape index (κ3) is 5.67. The Hall–Kier alpha value is -3.72. The summed E-state index contributed by atoms with van der Waals surface area (Å²) in [7, 11) is -2.43. The Balaban J connectivity index is 1.53. The second kappa shape index (κ2) is 11.1. The summed E-state index contributed by atoms with van der Waals surface area (Å²) in [6.45, 7) is 8.11. The molecule has 1 aliphatic rings. The Bertz CT molecular complexity index is 1340. The summed E-state index contributed by atoms with van der Waals surface area (Å²) in [4.78, 5) is 15.5. The Morgan fingerprint density at radius 2 is 1.73 bits per heavy atom. The van der Waals surface area contributed by atoms with Gasteiger partial charge in [-0.1, -0.05) is 18.2 Å². The fourth-order valence-corrected chi connectivity index (χ4v) is 5.79. The minimum Gasteiger partial charge on any atom is -0.497 e. The summed E-state index contributed by atoms with van der Waals surface area (Å²) in [5, 5.41) is 2.90. The number of methoxy groups -OCH3 is 1. The summed E-state index contributed by atoms with van der Waals surface area (Å²) in [5.41, 5.74) is 3.37. The number of benzene rings is 3. The molecule has 0 radical (unpaired) electrons. The SMILES string of the molecule is CCN(CC)c1ccc(CNC(=O)C2CN(S(=O)(=O)c3ccc(OC)cc3)c3ccc(C)cc3O2)cc1. The van der Waals surface area contributed by atoms with Crippen molar-refractivity contribution in [3.63, 3.8) is 0 Å². The summed E-state index contributed by atoms with van der Waals surface area (Å²) >= 11 is 0. The number of nitrogens with zero attached hydrogens (tertiary/aromatic N) is 2. The number of nitrogens with one attached hydrogen (secondary N) is 1. The third-order valence-electron chi connectivity index (χ3n) is 6.46. The van der Waals surface area contributed by atoms with Crippen LogP contribution in [0.4, 0.5) is 11.4 Å². The van der Waals surface area contributed by atoms with Crippen LogP contribution in [0.2, 0.25) is 0 Å². The van der Waals surface area contributed by atoms with Gasteiger partial charge in [0.2, 0.25) is 0 Å². The molecule has 1 N–H and O–H groups in total. The monoisotopic (exact) mass is 523 g/mol. The molecule has 1 amide bonds. The van der Waals surface area contributed by atoms with Crippen molar-refractivity contribution < 1.29 is 22.7 Å². The highest BCUT2D eigenvalue weighted by molar-refractivity contribution is 7.92. The number of carbonyl (C=O) groups excluding carboxylic acids is 1. The van der Waals surface area contributed by atoms with E-state index >= 15 is 0 Å². The molecule has 3 aromatic carbocycles. The summed E-state index contributed by atoms with van der Waals surface area (Å²) < 4.78 is 39.6. The van der Waals surface area contributed by atoms with E-state index in [1.807, 2.05) is 37.3 Å². The van der Waals surface area contributed by atoms with E-state index in [0.717, 1.165) is 29.9 Å². The van der Waals surface area contributed by atoms with Gasteiger partial charge < -0.3 is 19.7 Å². The van der Waals surface area contributed by atoms with Gasteiger partial charge in [-0.3, -0.25) is 9.10 Å². The van der Waals surface area contributed by atoms with Crippen LogP contribution >= 0.6 is 0 Å². The Kier molecular flexibility index (Phi) is 7.92. The average Bonchev–Trinajstić information content (AvgIpc) is 2.92. The second-order valence-corrected chi connectivity index (χ2v) is 10.7. The normalized spacial score (nSPS) is 14.9. The summed E-state index contributed by atoms with van der Waals surface area (Å²) in [5.74, 6) is 0.529. The lowest BCUT2D eigenvalue weighted by Crippen LogP contribution is -2.50. The van der Waals surface area contributed by atoms with Crippen LogP contribution < -0.4 is 24.0 Å². The predicted octanol–water partition coefficient (Wildman–Crippen LogP) is 4.12. The van der Waals surface area contributed by atoms with Crippen LogP contribution in [0.25, 0.3) is 0 Å². The third-order valence-corrected chi connectivity index (χ3v) is 8.25. The molecule has 1 atom stereocenters. The van der Waals surface area contributed by atoms with Gasteiger partial charge in [0.1, 0.15) is 11.5 Å². The first kappa shape index (κ1) is 26.3. The van der Waals surface area contributed by atoms with Gasteiger partial charge in [-0.25, -0.2) is 8.42 Å². The summed E-state index contributed by atoms with van der Waals surface area (Å²) in [6, 6.07) is 19.5. The number of aryl methyl sites for hydroxylation is 1. The van der Waals surface area contributed by atoms with Crippen molar-refractivity contribution >= 4 is 27.3 Å². The quantitative estimate of drug-likeness (QED) is 0.454. The zero-order valence-electron chi connectivity index (χ0n) is 21.6. The van der Waals surface area contributed by atoms with Crippen LogP contribution in [0.1, 0.15) is 25.0 Å². The first-order chi connectivity index (χ1) is 17.8. The number of amides is 1. The number of hydrogen-bond donors (Lipinski definition) is 1. The number of fused-ring (bicyclic) bond motifs is 1. The number of carbonyl (C=O) groups is 1. The van der Waals surface area contributed by atoms with Gasteiger partial charge in [-0.15, -0.1) is 0 Å². The summed E-state index contributed by atoms with van der Waals surface area (Å²) in [6.07, 6.45) is -1.00. The molecule has 0 fully saturated rings. The molecule has 4 rings (SSSR count).